The van der Waals surface area contributed by atoms with Gasteiger partial charge in [0, 0.05) is 18.9 Å². The molecule has 0 aliphatic carbocycles. The number of benzene rings is 1. The van der Waals surface area contributed by atoms with Crippen molar-refractivity contribution >= 4 is 5.97 Å². The number of carbonyl (C=O) groups is 1. The molecule has 0 radical (unpaired) electrons. The molecule has 5 nitrogen and oxygen atoms in total. The number of esters is 1. The Labute approximate surface area is 111 Å². The third-order valence-corrected chi connectivity index (χ3v) is 2.82. The Morgan fingerprint density at radius 1 is 1.53 bits per heavy atom. The zero-order valence-corrected chi connectivity index (χ0v) is 10.9. The number of hydrogen-bond donors (Lipinski definition) is 1. The Bertz CT molecular complexity index is 576. The van der Waals surface area contributed by atoms with E-state index in [0.29, 0.717) is 17.9 Å². The van der Waals surface area contributed by atoms with E-state index in [9.17, 15) is 9.90 Å². The van der Waals surface area contributed by atoms with Gasteiger partial charge in [0.15, 0.2) is 0 Å². The molecule has 0 aliphatic heterocycles. The van der Waals surface area contributed by atoms with Gasteiger partial charge in [0.25, 0.3) is 0 Å². The first-order chi connectivity index (χ1) is 9.11. The molecule has 0 aliphatic rings. The highest BCUT2D eigenvalue weighted by molar-refractivity contribution is 5.89. The summed E-state index contributed by atoms with van der Waals surface area (Å²) in [5.41, 5.74) is 1.46. The van der Waals surface area contributed by atoms with Crippen molar-refractivity contribution in [3.05, 3.63) is 53.6 Å². The van der Waals surface area contributed by atoms with E-state index in [2.05, 4.69) is 4.98 Å². The highest BCUT2D eigenvalue weighted by atomic mass is 16.5. The molecule has 1 N–H and O–H groups in total. The summed E-state index contributed by atoms with van der Waals surface area (Å²) in [6.45, 7) is 2.22. The van der Waals surface area contributed by atoms with Crippen LogP contribution in [0.15, 0.2) is 36.7 Å². The quantitative estimate of drug-likeness (QED) is 0.851. The van der Waals surface area contributed by atoms with Crippen molar-refractivity contribution in [2.24, 2.45) is 0 Å². The summed E-state index contributed by atoms with van der Waals surface area (Å²) >= 11 is 0. The lowest BCUT2D eigenvalue weighted by molar-refractivity contribution is 0.0600. The van der Waals surface area contributed by atoms with Gasteiger partial charge in [-0.05, 0) is 24.6 Å². The molecule has 2 rings (SSSR count). The minimum atomic E-state index is -0.626. The van der Waals surface area contributed by atoms with Gasteiger partial charge in [-0.1, -0.05) is 12.1 Å². The van der Waals surface area contributed by atoms with Crippen LogP contribution in [0.25, 0.3) is 0 Å². The normalized spacial score (nSPS) is 12.2. The zero-order valence-electron chi connectivity index (χ0n) is 10.9. The molecule has 1 atom stereocenters. The summed E-state index contributed by atoms with van der Waals surface area (Å²) < 4.78 is 6.54. The van der Waals surface area contributed by atoms with E-state index in [1.165, 1.54) is 7.11 Å². The van der Waals surface area contributed by atoms with Gasteiger partial charge in [0.2, 0.25) is 0 Å². The van der Waals surface area contributed by atoms with Crippen molar-refractivity contribution in [1.29, 1.82) is 0 Å². The minimum Gasteiger partial charge on any atom is -0.465 e. The lowest BCUT2D eigenvalue weighted by atomic mass is 10.1. The van der Waals surface area contributed by atoms with E-state index in [-0.39, 0.29) is 5.97 Å². The van der Waals surface area contributed by atoms with E-state index in [0.717, 1.165) is 5.56 Å². The maximum atomic E-state index is 11.5. The van der Waals surface area contributed by atoms with Crippen LogP contribution in [0.1, 0.15) is 34.8 Å². The van der Waals surface area contributed by atoms with E-state index in [4.69, 9.17) is 4.74 Å². The maximum Gasteiger partial charge on any atom is 0.337 e. The van der Waals surface area contributed by atoms with Crippen LogP contribution >= 0.6 is 0 Å². The maximum absolute atomic E-state index is 11.5. The third kappa shape index (κ3) is 3.00. The summed E-state index contributed by atoms with van der Waals surface area (Å²) in [5, 5.41) is 9.59. The van der Waals surface area contributed by atoms with Gasteiger partial charge >= 0.3 is 5.97 Å². The van der Waals surface area contributed by atoms with Crippen molar-refractivity contribution < 1.29 is 14.6 Å². The Kier molecular flexibility index (Phi) is 3.97. The number of hydrogen-bond acceptors (Lipinski definition) is 4. The van der Waals surface area contributed by atoms with Crippen molar-refractivity contribution in [2.75, 3.05) is 7.11 Å². The average molecular weight is 260 g/mol. The first kappa shape index (κ1) is 13.3. The molecule has 0 spiro atoms. The summed E-state index contributed by atoms with van der Waals surface area (Å²) in [6.07, 6.45) is 2.82. The van der Waals surface area contributed by atoms with Crippen LogP contribution in [0, 0.1) is 0 Å². The fraction of sp³-hybridized carbons (Fsp3) is 0.286. The Hall–Kier alpha value is -2.14. The molecule has 1 unspecified atom stereocenters. The van der Waals surface area contributed by atoms with Crippen LogP contribution in [-0.2, 0) is 11.3 Å². The molecular formula is C14H16N2O3. The molecule has 2 aromatic rings. The second-order valence-corrected chi connectivity index (χ2v) is 4.28. The number of imidazole rings is 1. The molecule has 0 fully saturated rings. The predicted molar refractivity (Wildman–Crippen MR) is 69.7 cm³/mol. The first-order valence-electron chi connectivity index (χ1n) is 5.98. The number of nitrogens with zero attached hydrogens (tertiary/aromatic N) is 2. The average Bonchev–Trinajstić information content (AvgIpc) is 2.86. The molecule has 19 heavy (non-hydrogen) atoms. The largest absolute Gasteiger partial charge is 0.465 e. The van der Waals surface area contributed by atoms with Gasteiger partial charge in [0.1, 0.15) is 11.9 Å². The second kappa shape index (κ2) is 5.67. The number of ether oxygens (including phenoxy) is 1. The monoisotopic (exact) mass is 260 g/mol. The van der Waals surface area contributed by atoms with Gasteiger partial charge in [-0.2, -0.15) is 0 Å². The van der Waals surface area contributed by atoms with Gasteiger partial charge < -0.3 is 14.4 Å². The Morgan fingerprint density at radius 3 is 3.00 bits per heavy atom. The fourth-order valence-electron chi connectivity index (χ4n) is 1.93. The SMILES string of the molecule is COC(=O)c1cccc(Cn2ccnc2C(C)O)c1. The number of aliphatic hydroxyl groups is 1. The molecule has 0 saturated heterocycles. The molecular weight excluding hydrogens is 244 g/mol. The summed E-state index contributed by atoms with van der Waals surface area (Å²) in [6, 6.07) is 7.20. The van der Waals surface area contributed by atoms with Crippen LogP contribution in [0.4, 0.5) is 0 Å². The molecule has 1 aromatic carbocycles. The number of methoxy groups -OCH3 is 1. The van der Waals surface area contributed by atoms with Gasteiger partial charge in [-0.3, -0.25) is 0 Å². The van der Waals surface area contributed by atoms with E-state index >= 15 is 0 Å². The van der Waals surface area contributed by atoms with Crippen LogP contribution < -0.4 is 0 Å². The first-order valence-corrected chi connectivity index (χ1v) is 5.98. The summed E-state index contributed by atoms with van der Waals surface area (Å²) in [5.74, 6) is 0.242. The van der Waals surface area contributed by atoms with Crippen LogP contribution in [0.3, 0.4) is 0 Å². The lowest BCUT2D eigenvalue weighted by Crippen LogP contribution is -2.08. The van der Waals surface area contributed by atoms with Crippen LogP contribution in [0.5, 0.6) is 0 Å². The van der Waals surface area contributed by atoms with E-state index in [1.807, 2.05) is 10.6 Å². The van der Waals surface area contributed by atoms with Gasteiger partial charge in [-0.25, -0.2) is 9.78 Å². The van der Waals surface area contributed by atoms with Gasteiger partial charge in [0.05, 0.1) is 12.7 Å². The topological polar surface area (TPSA) is 64.4 Å². The number of aromatic nitrogens is 2. The predicted octanol–water partition coefficient (Wildman–Crippen LogP) is 1.77. The molecule has 5 heteroatoms. The minimum absolute atomic E-state index is 0.358. The van der Waals surface area contributed by atoms with Crippen molar-refractivity contribution in [3.63, 3.8) is 0 Å². The molecule has 0 bridgehead atoms. The van der Waals surface area contributed by atoms with E-state index in [1.54, 1.807) is 37.5 Å². The third-order valence-electron chi connectivity index (χ3n) is 2.82. The van der Waals surface area contributed by atoms with Crippen LogP contribution in [-0.4, -0.2) is 27.7 Å². The van der Waals surface area contributed by atoms with Crippen molar-refractivity contribution in [2.45, 2.75) is 19.6 Å². The van der Waals surface area contributed by atoms with E-state index < -0.39 is 6.10 Å². The van der Waals surface area contributed by atoms with Gasteiger partial charge in [-0.15, -0.1) is 0 Å². The number of aliphatic hydroxyl groups excluding tert-OH is 1. The standard InChI is InChI=1S/C14H16N2O3/c1-10(17)13-15-6-7-16(13)9-11-4-3-5-12(8-11)14(18)19-2/h3-8,10,17H,9H2,1-2H3. The number of carbonyl (C=O) groups excluding carboxylic acids is 1. The Morgan fingerprint density at radius 2 is 2.32 bits per heavy atom. The molecule has 0 amide bonds. The fourth-order valence-corrected chi connectivity index (χ4v) is 1.93. The van der Waals surface area contributed by atoms with Crippen molar-refractivity contribution in [3.8, 4) is 0 Å². The highest BCUT2D eigenvalue weighted by Gasteiger charge is 2.10. The molecule has 100 valence electrons. The zero-order chi connectivity index (χ0) is 13.8. The second-order valence-electron chi connectivity index (χ2n) is 4.28. The Balaban J connectivity index is 2.24. The smallest absolute Gasteiger partial charge is 0.337 e. The number of rotatable bonds is 4. The highest BCUT2D eigenvalue weighted by Crippen LogP contribution is 2.13. The summed E-state index contributed by atoms with van der Waals surface area (Å²) in [4.78, 5) is 15.6. The molecule has 0 saturated carbocycles. The van der Waals surface area contributed by atoms with Crippen molar-refractivity contribution in [1.82, 2.24) is 9.55 Å². The van der Waals surface area contributed by atoms with Crippen LogP contribution in [0.2, 0.25) is 0 Å². The molecule has 1 aromatic heterocycles. The summed E-state index contributed by atoms with van der Waals surface area (Å²) in [7, 11) is 1.36. The lowest BCUT2D eigenvalue weighted by Gasteiger charge is -2.10. The molecule has 1 heterocycles.